The molecule has 0 atom stereocenters. The fourth-order valence-electron chi connectivity index (χ4n) is 1.89. The molecule has 0 aliphatic heterocycles. The van der Waals surface area contributed by atoms with Crippen molar-refractivity contribution in [3.63, 3.8) is 0 Å². The molecule has 14 heavy (non-hydrogen) atoms. The van der Waals surface area contributed by atoms with Gasteiger partial charge in [-0.25, -0.2) is 0 Å². The van der Waals surface area contributed by atoms with E-state index in [4.69, 9.17) is 4.74 Å². The van der Waals surface area contributed by atoms with Gasteiger partial charge in [-0.3, -0.25) is 0 Å². The zero-order chi connectivity index (χ0) is 10.2. The second kappa shape index (κ2) is 7.24. The highest BCUT2D eigenvalue weighted by Crippen LogP contribution is 2.17. The molecule has 1 N–H and O–H groups in total. The quantitative estimate of drug-likeness (QED) is 0.636. The topological polar surface area (TPSA) is 21.3 Å². The van der Waals surface area contributed by atoms with Gasteiger partial charge in [-0.15, -0.1) is 0 Å². The molecular weight excluding hydrogens is 174 g/mol. The van der Waals surface area contributed by atoms with Gasteiger partial charge in [0.25, 0.3) is 0 Å². The van der Waals surface area contributed by atoms with Crippen LogP contribution in [-0.2, 0) is 4.74 Å². The van der Waals surface area contributed by atoms with Crippen LogP contribution < -0.4 is 5.32 Å². The number of nitrogens with one attached hydrogen (secondary N) is 1. The maximum atomic E-state index is 5.54. The maximum absolute atomic E-state index is 5.54. The zero-order valence-electron chi connectivity index (χ0n) is 9.72. The average molecular weight is 199 g/mol. The van der Waals surface area contributed by atoms with Gasteiger partial charge in [-0.2, -0.15) is 0 Å². The maximum Gasteiger partial charge on any atom is 0.0591 e. The van der Waals surface area contributed by atoms with Crippen molar-refractivity contribution in [2.24, 2.45) is 5.92 Å². The molecule has 0 bridgehead atoms. The van der Waals surface area contributed by atoms with Crippen molar-refractivity contribution in [3.05, 3.63) is 0 Å². The molecular formula is C12H25NO. The Balaban J connectivity index is 1.79. The summed E-state index contributed by atoms with van der Waals surface area (Å²) in [6, 6.07) is 0.781. The molecule has 0 aromatic heterocycles. The van der Waals surface area contributed by atoms with Gasteiger partial charge in [0, 0.05) is 19.2 Å². The lowest BCUT2D eigenvalue weighted by Gasteiger charge is -2.12. The summed E-state index contributed by atoms with van der Waals surface area (Å²) >= 11 is 0. The third-order valence-electron chi connectivity index (χ3n) is 2.87. The molecule has 0 amide bonds. The molecule has 1 rings (SSSR count). The van der Waals surface area contributed by atoms with Crippen molar-refractivity contribution < 1.29 is 4.74 Å². The summed E-state index contributed by atoms with van der Waals surface area (Å²) in [4.78, 5) is 0. The Morgan fingerprint density at radius 2 is 1.93 bits per heavy atom. The van der Waals surface area contributed by atoms with Crippen LogP contribution in [0.15, 0.2) is 0 Å². The highest BCUT2D eigenvalue weighted by Gasteiger charge is 2.12. The highest BCUT2D eigenvalue weighted by atomic mass is 16.5. The molecule has 0 saturated heterocycles. The summed E-state index contributed by atoms with van der Waals surface area (Å²) in [7, 11) is 0. The predicted molar refractivity (Wildman–Crippen MR) is 60.5 cm³/mol. The molecule has 0 aromatic rings. The van der Waals surface area contributed by atoms with E-state index in [1.54, 1.807) is 0 Å². The third kappa shape index (κ3) is 5.61. The van der Waals surface area contributed by atoms with Gasteiger partial charge in [0.2, 0.25) is 0 Å². The van der Waals surface area contributed by atoms with Gasteiger partial charge < -0.3 is 10.1 Å². The minimum absolute atomic E-state index is 0.762. The number of hydrogen-bond donors (Lipinski definition) is 1. The van der Waals surface area contributed by atoms with Crippen LogP contribution in [0.3, 0.4) is 0 Å². The van der Waals surface area contributed by atoms with Crippen LogP contribution in [0.4, 0.5) is 0 Å². The van der Waals surface area contributed by atoms with Gasteiger partial charge in [0.15, 0.2) is 0 Å². The molecule has 0 unspecified atom stereocenters. The van der Waals surface area contributed by atoms with E-state index in [-0.39, 0.29) is 0 Å². The first kappa shape index (κ1) is 12.0. The Labute approximate surface area is 88.4 Å². The normalized spacial score (nSPS) is 18.2. The van der Waals surface area contributed by atoms with Crippen molar-refractivity contribution in [2.75, 3.05) is 19.8 Å². The third-order valence-corrected chi connectivity index (χ3v) is 2.87. The molecule has 1 fully saturated rings. The first-order chi connectivity index (χ1) is 6.79. The van der Waals surface area contributed by atoms with Crippen molar-refractivity contribution in [3.8, 4) is 0 Å². The summed E-state index contributed by atoms with van der Waals surface area (Å²) in [6.07, 6.45) is 6.74. The van der Waals surface area contributed by atoms with E-state index >= 15 is 0 Å². The Kier molecular flexibility index (Phi) is 6.20. The van der Waals surface area contributed by atoms with Crippen molar-refractivity contribution in [2.45, 2.75) is 52.0 Å². The minimum Gasteiger partial charge on any atom is -0.380 e. The second-order valence-corrected chi connectivity index (χ2v) is 4.73. The first-order valence-electron chi connectivity index (χ1n) is 6.10. The molecule has 1 saturated carbocycles. The van der Waals surface area contributed by atoms with E-state index < -0.39 is 0 Å². The lowest BCUT2D eigenvalue weighted by molar-refractivity contribution is 0.123. The standard InChI is InChI=1S/C12H25NO/c1-11(2)7-9-14-10-8-13-12-5-3-4-6-12/h11-13H,3-10H2,1-2H3. The number of ether oxygens (including phenoxy) is 1. The van der Waals surface area contributed by atoms with E-state index in [0.29, 0.717) is 0 Å². The summed E-state index contributed by atoms with van der Waals surface area (Å²) in [5.41, 5.74) is 0. The summed E-state index contributed by atoms with van der Waals surface area (Å²) < 4.78 is 5.54. The van der Waals surface area contributed by atoms with Crippen LogP contribution in [0, 0.1) is 5.92 Å². The number of rotatable bonds is 7. The second-order valence-electron chi connectivity index (χ2n) is 4.73. The fraction of sp³-hybridized carbons (Fsp3) is 1.00. The molecule has 2 heteroatoms. The molecule has 0 radical (unpaired) electrons. The van der Waals surface area contributed by atoms with E-state index in [0.717, 1.165) is 31.7 Å². The monoisotopic (exact) mass is 199 g/mol. The molecule has 2 nitrogen and oxygen atoms in total. The van der Waals surface area contributed by atoms with E-state index in [9.17, 15) is 0 Å². The zero-order valence-corrected chi connectivity index (χ0v) is 9.72. The predicted octanol–water partition coefficient (Wildman–Crippen LogP) is 2.58. The van der Waals surface area contributed by atoms with Crippen molar-refractivity contribution >= 4 is 0 Å². The van der Waals surface area contributed by atoms with Gasteiger partial charge in [0.05, 0.1) is 6.61 Å². The molecule has 1 aliphatic rings. The Bertz CT molecular complexity index is 130. The van der Waals surface area contributed by atoms with Crippen LogP contribution in [0.2, 0.25) is 0 Å². The lowest BCUT2D eigenvalue weighted by atomic mass is 10.1. The van der Waals surface area contributed by atoms with Crippen LogP contribution in [-0.4, -0.2) is 25.8 Å². The van der Waals surface area contributed by atoms with E-state index in [1.165, 1.54) is 32.1 Å². The summed E-state index contributed by atoms with van der Waals surface area (Å²) in [6.45, 7) is 7.30. The van der Waals surface area contributed by atoms with E-state index in [1.807, 2.05) is 0 Å². The Morgan fingerprint density at radius 3 is 2.57 bits per heavy atom. The van der Waals surface area contributed by atoms with Crippen molar-refractivity contribution in [1.82, 2.24) is 5.32 Å². The molecule has 0 heterocycles. The molecule has 0 aromatic carbocycles. The highest BCUT2D eigenvalue weighted by molar-refractivity contribution is 4.72. The summed E-state index contributed by atoms with van der Waals surface area (Å²) in [5, 5.41) is 3.54. The van der Waals surface area contributed by atoms with Crippen LogP contribution in [0.25, 0.3) is 0 Å². The molecule has 1 aliphatic carbocycles. The van der Waals surface area contributed by atoms with Crippen LogP contribution in [0.5, 0.6) is 0 Å². The number of hydrogen-bond acceptors (Lipinski definition) is 2. The van der Waals surface area contributed by atoms with Gasteiger partial charge in [-0.05, 0) is 25.2 Å². The molecule has 0 spiro atoms. The average Bonchev–Trinajstić information content (AvgIpc) is 2.63. The SMILES string of the molecule is CC(C)CCOCCNC1CCCC1. The largest absolute Gasteiger partial charge is 0.380 e. The lowest BCUT2D eigenvalue weighted by Crippen LogP contribution is -2.29. The van der Waals surface area contributed by atoms with E-state index in [2.05, 4.69) is 19.2 Å². The van der Waals surface area contributed by atoms with Crippen LogP contribution >= 0.6 is 0 Å². The van der Waals surface area contributed by atoms with Crippen LogP contribution in [0.1, 0.15) is 46.0 Å². The van der Waals surface area contributed by atoms with Gasteiger partial charge >= 0.3 is 0 Å². The van der Waals surface area contributed by atoms with Gasteiger partial charge in [-0.1, -0.05) is 26.7 Å². The summed E-state index contributed by atoms with van der Waals surface area (Å²) in [5.74, 6) is 0.762. The first-order valence-corrected chi connectivity index (χ1v) is 6.10. The molecule has 84 valence electrons. The Morgan fingerprint density at radius 1 is 1.21 bits per heavy atom. The smallest absolute Gasteiger partial charge is 0.0591 e. The van der Waals surface area contributed by atoms with Gasteiger partial charge in [0.1, 0.15) is 0 Å². The Hall–Kier alpha value is -0.0800. The fourth-order valence-corrected chi connectivity index (χ4v) is 1.89. The van der Waals surface area contributed by atoms with Crippen molar-refractivity contribution in [1.29, 1.82) is 0 Å². The minimum atomic E-state index is 0.762.